The van der Waals surface area contributed by atoms with Crippen LogP contribution in [0.5, 0.6) is 0 Å². The number of nitrogens with zero attached hydrogens (tertiary/aromatic N) is 1. The first-order chi connectivity index (χ1) is 14.6. The van der Waals surface area contributed by atoms with Gasteiger partial charge in [0.1, 0.15) is 5.82 Å². The predicted octanol–water partition coefficient (Wildman–Crippen LogP) is 7.12. The first kappa shape index (κ1) is 25.9. The second-order valence-electron chi connectivity index (χ2n) is 6.44. The lowest BCUT2D eigenvalue weighted by molar-refractivity contribution is 0.533. The molecular weight excluding hydrogens is 397 g/mol. The highest BCUT2D eigenvalue weighted by molar-refractivity contribution is 6.30. The lowest BCUT2D eigenvalue weighted by atomic mass is 9.96. The highest BCUT2D eigenvalue weighted by atomic mass is 35.5. The molecule has 2 N–H and O–H groups in total. The Morgan fingerprint density at radius 2 is 1.87 bits per heavy atom. The second-order valence-corrected chi connectivity index (χ2v) is 6.88. The van der Waals surface area contributed by atoms with Crippen LogP contribution in [0.2, 0.25) is 5.02 Å². The molecule has 0 aliphatic carbocycles. The molecule has 1 aliphatic heterocycles. The van der Waals surface area contributed by atoms with Crippen LogP contribution in [0.1, 0.15) is 58.6 Å². The second kappa shape index (κ2) is 13.9. The molecule has 0 bridgehead atoms. The Hall–Kier alpha value is -2.17. The van der Waals surface area contributed by atoms with Gasteiger partial charge in [0.2, 0.25) is 0 Å². The standard InChI is InChI=1S/C21H23ClFN3.2C2H6/c1-3-4-8-24-20-11-15(7-9-25-20)17-10-14(2)13-26-21(17)18-12-16(22)5-6-19(18)23;2*1-2/h5-7,9-13,20,24-25H,3-4,8H2,1-2H3;2*1-2H3. The van der Waals surface area contributed by atoms with E-state index in [0.29, 0.717) is 16.3 Å². The molecule has 2 heterocycles. The van der Waals surface area contributed by atoms with Gasteiger partial charge >= 0.3 is 0 Å². The topological polar surface area (TPSA) is 37.0 Å². The van der Waals surface area contributed by atoms with Crippen LogP contribution in [0.25, 0.3) is 16.8 Å². The lowest BCUT2D eigenvalue weighted by Gasteiger charge is -2.22. The van der Waals surface area contributed by atoms with Crippen molar-refractivity contribution in [1.82, 2.24) is 15.6 Å². The van der Waals surface area contributed by atoms with Crippen molar-refractivity contribution in [1.29, 1.82) is 0 Å². The molecule has 5 heteroatoms. The minimum Gasteiger partial charge on any atom is -0.372 e. The molecule has 1 aromatic heterocycles. The fourth-order valence-corrected chi connectivity index (χ4v) is 3.11. The van der Waals surface area contributed by atoms with Gasteiger partial charge in [0, 0.05) is 22.3 Å². The molecule has 3 rings (SSSR count). The molecule has 0 saturated carbocycles. The number of aryl methyl sites for hydroxylation is 1. The van der Waals surface area contributed by atoms with Crippen LogP contribution in [-0.2, 0) is 0 Å². The summed E-state index contributed by atoms with van der Waals surface area (Å²) in [5, 5.41) is 7.24. The average Bonchev–Trinajstić information content (AvgIpc) is 2.79. The quantitative estimate of drug-likeness (QED) is 0.478. The van der Waals surface area contributed by atoms with Crippen LogP contribution in [0.15, 0.2) is 48.8 Å². The Kier molecular flexibility index (Phi) is 12.0. The van der Waals surface area contributed by atoms with Gasteiger partial charge in [0.05, 0.1) is 11.9 Å². The number of hydrogen-bond acceptors (Lipinski definition) is 3. The van der Waals surface area contributed by atoms with Crippen molar-refractivity contribution in [3.63, 3.8) is 0 Å². The largest absolute Gasteiger partial charge is 0.372 e. The van der Waals surface area contributed by atoms with E-state index in [2.05, 4.69) is 28.6 Å². The van der Waals surface area contributed by atoms with Crippen molar-refractivity contribution in [2.45, 2.75) is 60.5 Å². The van der Waals surface area contributed by atoms with Gasteiger partial charge in [-0.3, -0.25) is 10.3 Å². The lowest BCUT2D eigenvalue weighted by Crippen LogP contribution is -2.39. The summed E-state index contributed by atoms with van der Waals surface area (Å²) >= 11 is 6.09. The van der Waals surface area contributed by atoms with E-state index in [1.54, 1.807) is 18.3 Å². The molecular formula is C25H35ClFN3. The number of nitrogens with one attached hydrogen (secondary N) is 2. The minimum atomic E-state index is -0.330. The summed E-state index contributed by atoms with van der Waals surface area (Å²) in [5.74, 6) is -0.330. The highest BCUT2D eigenvalue weighted by Gasteiger charge is 2.17. The maximum Gasteiger partial charge on any atom is 0.132 e. The number of aromatic nitrogens is 1. The predicted molar refractivity (Wildman–Crippen MR) is 129 cm³/mol. The van der Waals surface area contributed by atoms with Gasteiger partial charge in [0.15, 0.2) is 0 Å². The number of pyridine rings is 1. The number of dihydropyridines is 1. The van der Waals surface area contributed by atoms with Crippen molar-refractivity contribution >= 4 is 17.2 Å². The minimum absolute atomic E-state index is 0.0409. The van der Waals surface area contributed by atoms with E-state index in [1.807, 2.05) is 53.0 Å². The highest BCUT2D eigenvalue weighted by Crippen LogP contribution is 2.32. The fourth-order valence-electron chi connectivity index (χ4n) is 2.94. The van der Waals surface area contributed by atoms with E-state index in [1.165, 1.54) is 6.07 Å². The number of rotatable bonds is 6. The Bertz CT molecular complexity index is 846. The summed E-state index contributed by atoms with van der Waals surface area (Å²) in [6.07, 6.45) is 10.1. The first-order valence-corrected chi connectivity index (χ1v) is 11.3. The number of benzene rings is 1. The van der Waals surface area contributed by atoms with Gasteiger partial charge in [-0.15, -0.1) is 0 Å². The van der Waals surface area contributed by atoms with Gasteiger partial charge in [-0.1, -0.05) is 52.6 Å². The van der Waals surface area contributed by atoms with E-state index < -0.39 is 0 Å². The first-order valence-electron chi connectivity index (χ1n) is 10.9. The Morgan fingerprint density at radius 1 is 1.13 bits per heavy atom. The zero-order valence-electron chi connectivity index (χ0n) is 19.0. The summed E-state index contributed by atoms with van der Waals surface area (Å²) in [5.41, 5.74) is 3.93. The average molecular weight is 432 g/mol. The Morgan fingerprint density at radius 3 is 2.57 bits per heavy atom. The van der Waals surface area contributed by atoms with Crippen molar-refractivity contribution in [3.05, 3.63) is 70.8 Å². The summed E-state index contributed by atoms with van der Waals surface area (Å²) in [6.45, 7) is 13.1. The third kappa shape index (κ3) is 7.26. The van der Waals surface area contributed by atoms with Gasteiger partial charge < -0.3 is 5.32 Å². The van der Waals surface area contributed by atoms with Crippen molar-refractivity contribution in [2.75, 3.05) is 6.54 Å². The molecule has 1 aliphatic rings. The van der Waals surface area contributed by atoms with Crippen LogP contribution >= 0.6 is 11.6 Å². The Labute approximate surface area is 186 Å². The molecule has 1 aromatic carbocycles. The molecule has 1 atom stereocenters. The molecule has 2 aromatic rings. The molecule has 0 radical (unpaired) electrons. The molecule has 164 valence electrons. The van der Waals surface area contributed by atoms with Crippen molar-refractivity contribution in [3.8, 4) is 11.3 Å². The van der Waals surface area contributed by atoms with Gasteiger partial charge in [-0.25, -0.2) is 4.39 Å². The van der Waals surface area contributed by atoms with Crippen LogP contribution in [0, 0.1) is 12.7 Å². The summed E-state index contributed by atoms with van der Waals surface area (Å²) in [6, 6.07) is 6.59. The third-order valence-electron chi connectivity index (χ3n) is 4.30. The normalized spacial score (nSPS) is 14.5. The summed E-state index contributed by atoms with van der Waals surface area (Å²) in [7, 11) is 0. The van der Waals surface area contributed by atoms with Gasteiger partial charge in [0.25, 0.3) is 0 Å². The number of hydrogen-bond donors (Lipinski definition) is 2. The van der Waals surface area contributed by atoms with E-state index in [4.69, 9.17) is 11.6 Å². The summed E-state index contributed by atoms with van der Waals surface area (Å²) in [4.78, 5) is 4.51. The smallest absolute Gasteiger partial charge is 0.132 e. The molecule has 0 amide bonds. The van der Waals surface area contributed by atoms with Crippen molar-refractivity contribution < 1.29 is 4.39 Å². The maximum atomic E-state index is 14.4. The molecule has 0 spiro atoms. The number of allylic oxidation sites excluding steroid dienone is 2. The van der Waals surface area contributed by atoms with Crippen LogP contribution < -0.4 is 10.6 Å². The zero-order chi connectivity index (χ0) is 22.5. The zero-order valence-corrected chi connectivity index (χ0v) is 19.8. The number of unbranched alkanes of at least 4 members (excludes halogenated alkanes) is 1. The van der Waals surface area contributed by atoms with Crippen LogP contribution in [-0.4, -0.2) is 17.7 Å². The van der Waals surface area contributed by atoms with Gasteiger partial charge in [-0.2, -0.15) is 0 Å². The molecule has 1 unspecified atom stereocenters. The molecule has 0 saturated heterocycles. The summed E-state index contributed by atoms with van der Waals surface area (Å²) < 4.78 is 14.4. The molecule has 3 nitrogen and oxygen atoms in total. The van der Waals surface area contributed by atoms with E-state index in [0.717, 1.165) is 36.1 Å². The molecule has 0 fully saturated rings. The van der Waals surface area contributed by atoms with Gasteiger partial charge in [-0.05, 0) is 73.6 Å². The van der Waals surface area contributed by atoms with E-state index in [-0.39, 0.29) is 12.0 Å². The number of halogens is 2. The van der Waals surface area contributed by atoms with E-state index >= 15 is 0 Å². The maximum absolute atomic E-state index is 14.4. The third-order valence-corrected chi connectivity index (χ3v) is 4.53. The van der Waals surface area contributed by atoms with Crippen LogP contribution in [0.3, 0.4) is 0 Å². The monoisotopic (exact) mass is 431 g/mol. The fraction of sp³-hybridized carbons (Fsp3) is 0.400. The molecule has 30 heavy (non-hydrogen) atoms. The Balaban J connectivity index is 0.00000106. The SMILES string of the molecule is CC.CC.CCCCNC1C=C(c2cc(C)cnc2-c2cc(Cl)ccc2F)C=CN1. The van der Waals surface area contributed by atoms with Crippen molar-refractivity contribution in [2.24, 2.45) is 0 Å². The van der Waals surface area contributed by atoms with E-state index in [9.17, 15) is 4.39 Å². The van der Waals surface area contributed by atoms with Crippen LogP contribution in [0.4, 0.5) is 4.39 Å².